The third-order valence-electron chi connectivity index (χ3n) is 4.05. The molecule has 2 aliphatic heterocycles. The number of urea groups is 1. The predicted molar refractivity (Wildman–Crippen MR) is 73.7 cm³/mol. The van der Waals surface area contributed by atoms with Crippen LogP contribution < -0.4 is 5.32 Å². The van der Waals surface area contributed by atoms with Crippen molar-refractivity contribution in [1.82, 2.24) is 15.1 Å². The van der Waals surface area contributed by atoms with Gasteiger partial charge in [0, 0.05) is 32.2 Å². The molecule has 0 spiro atoms. The highest BCUT2D eigenvalue weighted by molar-refractivity contribution is 5.75. The van der Waals surface area contributed by atoms with Crippen LogP contribution >= 0.6 is 0 Å². The molecule has 0 aliphatic carbocycles. The zero-order chi connectivity index (χ0) is 12.8. The molecule has 1 atom stereocenters. The van der Waals surface area contributed by atoms with E-state index in [2.05, 4.69) is 22.0 Å². The van der Waals surface area contributed by atoms with Gasteiger partial charge in [-0.3, -0.25) is 0 Å². The van der Waals surface area contributed by atoms with E-state index < -0.39 is 0 Å². The molecular weight excluding hydrogens is 226 g/mol. The van der Waals surface area contributed by atoms with Gasteiger partial charge in [0.15, 0.2) is 0 Å². The van der Waals surface area contributed by atoms with Gasteiger partial charge in [-0.2, -0.15) is 0 Å². The lowest BCUT2D eigenvalue weighted by Crippen LogP contribution is -2.54. The number of rotatable bonds is 3. The Morgan fingerprint density at radius 3 is 2.67 bits per heavy atom. The number of amides is 2. The summed E-state index contributed by atoms with van der Waals surface area (Å²) in [5, 5.41) is 3.42. The average molecular weight is 253 g/mol. The third-order valence-corrected chi connectivity index (χ3v) is 4.05. The fraction of sp³-hybridized carbons (Fsp3) is 0.929. The van der Waals surface area contributed by atoms with Gasteiger partial charge in [-0.1, -0.05) is 6.92 Å². The number of piperidine rings is 2. The van der Waals surface area contributed by atoms with E-state index in [9.17, 15) is 4.79 Å². The maximum Gasteiger partial charge on any atom is 0.320 e. The summed E-state index contributed by atoms with van der Waals surface area (Å²) in [5.74, 6) is 0. The number of hydrogen-bond donors (Lipinski definition) is 1. The van der Waals surface area contributed by atoms with Crippen molar-refractivity contribution < 1.29 is 4.79 Å². The average Bonchev–Trinajstić information content (AvgIpc) is 2.46. The fourth-order valence-corrected chi connectivity index (χ4v) is 3.04. The summed E-state index contributed by atoms with van der Waals surface area (Å²) < 4.78 is 0. The highest BCUT2D eigenvalue weighted by Crippen LogP contribution is 2.16. The summed E-state index contributed by atoms with van der Waals surface area (Å²) in [6, 6.07) is 0.693. The minimum absolute atomic E-state index is 0.283. The van der Waals surface area contributed by atoms with Gasteiger partial charge in [-0.15, -0.1) is 0 Å². The van der Waals surface area contributed by atoms with E-state index in [1.165, 1.54) is 25.7 Å². The number of likely N-dealkylation sites (tertiary alicyclic amines) is 1. The molecule has 2 heterocycles. The van der Waals surface area contributed by atoms with Crippen molar-refractivity contribution in [3.63, 3.8) is 0 Å². The molecule has 104 valence electrons. The highest BCUT2D eigenvalue weighted by atomic mass is 16.2. The molecule has 1 unspecified atom stereocenters. The Morgan fingerprint density at radius 1 is 1.28 bits per heavy atom. The fourth-order valence-electron chi connectivity index (χ4n) is 3.04. The third kappa shape index (κ3) is 3.37. The van der Waals surface area contributed by atoms with Crippen LogP contribution in [-0.4, -0.2) is 54.6 Å². The number of hydrogen-bond acceptors (Lipinski definition) is 2. The summed E-state index contributed by atoms with van der Waals surface area (Å²) >= 11 is 0. The van der Waals surface area contributed by atoms with Crippen LogP contribution in [0.5, 0.6) is 0 Å². The molecule has 2 fully saturated rings. The normalized spacial score (nSPS) is 24.9. The molecule has 2 amide bonds. The molecular formula is C14H27N3O. The molecule has 0 aromatic rings. The molecule has 1 N–H and O–H groups in total. The lowest BCUT2D eigenvalue weighted by molar-refractivity contribution is 0.116. The van der Waals surface area contributed by atoms with Crippen molar-refractivity contribution in [1.29, 1.82) is 0 Å². The van der Waals surface area contributed by atoms with E-state index in [4.69, 9.17) is 0 Å². The molecule has 4 heteroatoms. The van der Waals surface area contributed by atoms with E-state index in [0.717, 1.165) is 45.6 Å². The smallest absolute Gasteiger partial charge is 0.320 e. The molecule has 0 bridgehead atoms. The number of carbonyl (C=O) groups is 1. The lowest BCUT2D eigenvalue weighted by atomic mass is 10.1. The number of nitrogens with zero attached hydrogens (tertiary/aromatic N) is 2. The Hall–Kier alpha value is -0.770. The Labute approximate surface area is 111 Å². The van der Waals surface area contributed by atoms with Crippen LogP contribution in [0.4, 0.5) is 4.79 Å². The van der Waals surface area contributed by atoms with E-state index in [1.807, 2.05) is 0 Å². The van der Waals surface area contributed by atoms with E-state index in [-0.39, 0.29) is 6.03 Å². The molecule has 2 rings (SSSR count). The molecule has 4 nitrogen and oxygen atoms in total. The molecule has 0 aromatic carbocycles. The molecule has 0 radical (unpaired) electrons. The van der Waals surface area contributed by atoms with Gasteiger partial charge >= 0.3 is 6.03 Å². The summed E-state index contributed by atoms with van der Waals surface area (Å²) in [5.41, 5.74) is 0. The first-order valence-corrected chi connectivity index (χ1v) is 7.59. The van der Waals surface area contributed by atoms with Gasteiger partial charge in [0.05, 0.1) is 0 Å². The topological polar surface area (TPSA) is 35.6 Å². The van der Waals surface area contributed by atoms with Crippen molar-refractivity contribution in [3.8, 4) is 0 Å². The Morgan fingerprint density at radius 2 is 2.06 bits per heavy atom. The second kappa shape index (κ2) is 6.98. The second-order valence-corrected chi connectivity index (χ2v) is 5.52. The molecule has 0 saturated carbocycles. The maximum absolute atomic E-state index is 12.6. The maximum atomic E-state index is 12.6. The van der Waals surface area contributed by atoms with Crippen molar-refractivity contribution in [2.45, 2.75) is 51.5 Å². The highest BCUT2D eigenvalue weighted by Gasteiger charge is 2.28. The van der Waals surface area contributed by atoms with Gasteiger partial charge in [0.25, 0.3) is 0 Å². The van der Waals surface area contributed by atoms with Gasteiger partial charge in [0.1, 0.15) is 0 Å². The molecule has 2 saturated heterocycles. The van der Waals surface area contributed by atoms with Crippen LogP contribution in [0, 0.1) is 0 Å². The van der Waals surface area contributed by atoms with Crippen LogP contribution in [0.2, 0.25) is 0 Å². The zero-order valence-electron chi connectivity index (χ0n) is 11.7. The van der Waals surface area contributed by atoms with E-state index in [1.54, 1.807) is 0 Å². The summed E-state index contributed by atoms with van der Waals surface area (Å²) in [6.07, 6.45) is 7.03. The van der Waals surface area contributed by atoms with Crippen LogP contribution in [0.1, 0.15) is 45.4 Å². The number of carbonyl (C=O) groups excluding carboxylic acids is 1. The van der Waals surface area contributed by atoms with Gasteiger partial charge in [-0.25, -0.2) is 4.79 Å². The van der Waals surface area contributed by atoms with Gasteiger partial charge in [0.2, 0.25) is 0 Å². The minimum atomic E-state index is 0.283. The van der Waals surface area contributed by atoms with Crippen molar-refractivity contribution in [2.75, 3.05) is 32.7 Å². The summed E-state index contributed by atoms with van der Waals surface area (Å²) in [6.45, 7) is 7.06. The SMILES string of the molecule is CCCN(C(=O)N1CCCCC1)C1CCCNC1. The van der Waals surface area contributed by atoms with Gasteiger partial charge in [-0.05, 0) is 45.1 Å². The molecule has 18 heavy (non-hydrogen) atoms. The van der Waals surface area contributed by atoms with Crippen LogP contribution in [0.25, 0.3) is 0 Å². The summed E-state index contributed by atoms with van der Waals surface area (Å²) in [4.78, 5) is 16.8. The van der Waals surface area contributed by atoms with Crippen LogP contribution in [-0.2, 0) is 0 Å². The number of nitrogens with one attached hydrogen (secondary N) is 1. The van der Waals surface area contributed by atoms with Crippen LogP contribution in [0.3, 0.4) is 0 Å². The Kier molecular flexibility index (Phi) is 5.29. The lowest BCUT2D eigenvalue weighted by Gasteiger charge is -2.39. The van der Waals surface area contributed by atoms with Gasteiger partial charge < -0.3 is 15.1 Å². The standard InChI is InChI=1S/C14H27N3O/c1-2-9-17(13-7-6-8-15-12-13)14(18)16-10-4-3-5-11-16/h13,15H,2-12H2,1H3. The monoisotopic (exact) mass is 253 g/mol. The van der Waals surface area contributed by atoms with Crippen LogP contribution in [0.15, 0.2) is 0 Å². The molecule has 0 aromatic heterocycles. The van der Waals surface area contributed by atoms with E-state index in [0.29, 0.717) is 6.04 Å². The van der Waals surface area contributed by atoms with Crippen molar-refractivity contribution in [2.24, 2.45) is 0 Å². The largest absolute Gasteiger partial charge is 0.325 e. The molecule has 2 aliphatic rings. The Balaban J connectivity index is 1.96. The first kappa shape index (κ1) is 13.7. The van der Waals surface area contributed by atoms with Crippen molar-refractivity contribution >= 4 is 6.03 Å². The summed E-state index contributed by atoms with van der Waals surface area (Å²) in [7, 11) is 0. The van der Waals surface area contributed by atoms with Crippen molar-refractivity contribution in [3.05, 3.63) is 0 Å². The second-order valence-electron chi connectivity index (χ2n) is 5.52. The quantitative estimate of drug-likeness (QED) is 0.835. The predicted octanol–water partition coefficient (Wildman–Crippen LogP) is 2.06. The zero-order valence-corrected chi connectivity index (χ0v) is 11.7. The van der Waals surface area contributed by atoms with E-state index >= 15 is 0 Å². The minimum Gasteiger partial charge on any atom is -0.325 e. The first-order valence-electron chi connectivity index (χ1n) is 7.59. The first-order chi connectivity index (χ1) is 8.83. The Bertz CT molecular complexity index is 258.